The third-order valence-electron chi connectivity index (χ3n) is 5.45. The summed E-state index contributed by atoms with van der Waals surface area (Å²) in [5, 5.41) is 2.82. The van der Waals surface area contributed by atoms with E-state index in [1.165, 1.54) is 4.90 Å². The maximum atomic E-state index is 12.4. The number of hydrogen-bond donors (Lipinski definition) is 1. The van der Waals surface area contributed by atoms with Gasteiger partial charge in [-0.25, -0.2) is 4.98 Å². The number of carbonyl (C=O) groups excluding carboxylic acids is 3. The number of benzene rings is 1. The predicted molar refractivity (Wildman–Crippen MR) is 99.0 cm³/mol. The van der Waals surface area contributed by atoms with Crippen molar-refractivity contribution in [3.63, 3.8) is 0 Å². The largest absolute Gasteiger partial charge is 0.326 e. The Labute approximate surface area is 157 Å². The molecule has 2 heterocycles. The highest BCUT2D eigenvalue weighted by atomic mass is 16.2. The van der Waals surface area contributed by atoms with Crippen LogP contribution >= 0.6 is 0 Å². The number of carbonyl (C=O) groups is 3. The number of nitrogens with zero attached hydrogens (tertiary/aromatic N) is 3. The Morgan fingerprint density at radius 2 is 1.74 bits per heavy atom. The van der Waals surface area contributed by atoms with Crippen molar-refractivity contribution >= 4 is 23.4 Å². The van der Waals surface area contributed by atoms with Gasteiger partial charge in [0.15, 0.2) is 0 Å². The van der Waals surface area contributed by atoms with Crippen LogP contribution in [0.5, 0.6) is 0 Å². The van der Waals surface area contributed by atoms with Gasteiger partial charge in [0.2, 0.25) is 17.7 Å². The quantitative estimate of drug-likeness (QED) is 0.824. The summed E-state index contributed by atoms with van der Waals surface area (Å²) in [5.41, 5.74) is 1.62. The van der Waals surface area contributed by atoms with Crippen LogP contribution in [0.2, 0.25) is 0 Å². The van der Waals surface area contributed by atoms with Crippen LogP contribution in [0.3, 0.4) is 0 Å². The SMILES string of the molecule is O=C(CCN1C(=O)[C@H]2CCCC[C@@H]2C1=O)Nc1ccc(-n2ccnc2)cc1. The van der Waals surface area contributed by atoms with Gasteiger partial charge in [-0.05, 0) is 37.1 Å². The smallest absolute Gasteiger partial charge is 0.233 e. The zero-order chi connectivity index (χ0) is 18.8. The number of hydrogen-bond acceptors (Lipinski definition) is 4. The fraction of sp³-hybridized carbons (Fsp3) is 0.400. The molecule has 1 aliphatic carbocycles. The minimum absolute atomic E-state index is 0.0952. The normalized spacial score (nSPS) is 22.0. The van der Waals surface area contributed by atoms with Crippen molar-refractivity contribution < 1.29 is 14.4 Å². The Hall–Kier alpha value is -2.96. The summed E-state index contributed by atoms with van der Waals surface area (Å²) in [4.78, 5) is 42.4. The van der Waals surface area contributed by atoms with Crippen molar-refractivity contribution in [2.45, 2.75) is 32.1 Å². The van der Waals surface area contributed by atoms with Crippen LogP contribution in [-0.4, -0.2) is 38.7 Å². The third kappa shape index (κ3) is 3.49. The Morgan fingerprint density at radius 3 is 2.33 bits per heavy atom. The number of imide groups is 1. The van der Waals surface area contributed by atoms with Crippen molar-refractivity contribution in [2.24, 2.45) is 11.8 Å². The molecule has 0 spiro atoms. The molecule has 27 heavy (non-hydrogen) atoms. The molecular formula is C20H22N4O3. The molecule has 3 amide bonds. The monoisotopic (exact) mass is 366 g/mol. The van der Waals surface area contributed by atoms with Crippen LogP contribution in [0.25, 0.3) is 5.69 Å². The second-order valence-corrected chi connectivity index (χ2v) is 7.14. The van der Waals surface area contributed by atoms with Crippen molar-refractivity contribution in [3.8, 4) is 5.69 Å². The van der Waals surface area contributed by atoms with E-state index in [0.717, 1.165) is 31.4 Å². The highest BCUT2D eigenvalue weighted by Crippen LogP contribution is 2.37. The molecule has 0 bridgehead atoms. The van der Waals surface area contributed by atoms with Crippen molar-refractivity contribution in [1.29, 1.82) is 0 Å². The third-order valence-corrected chi connectivity index (χ3v) is 5.45. The number of aromatic nitrogens is 2. The molecule has 1 aromatic carbocycles. The predicted octanol–water partition coefficient (Wildman–Crippen LogP) is 2.38. The van der Waals surface area contributed by atoms with Crippen molar-refractivity contribution in [2.75, 3.05) is 11.9 Å². The van der Waals surface area contributed by atoms with Crippen molar-refractivity contribution in [3.05, 3.63) is 43.0 Å². The van der Waals surface area contributed by atoms with Gasteiger partial charge in [-0.1, -0.05) is 12.8 Å². The fourth-order valence-corrected chi connectivity index (χ4v) is 4.02. The lowest BCUT2D eigenvalue weighted by Crippen LogP contribution is -2.34. The van der Waals surface area contributed by atoms with E-state index in [1.54, 1.807) is 12.5 Å². The molecule has 1 saturated heterocycles. The summed E-state index contributed by atoms with van der Waals surface area (Å²) < 4.78 is 1.87. The molecule has 1 N–H and O–H groups in total. The molecule has 1 saturated carbocycles. The molecule has 4 rings (SSSR count). The first-order valence-corrected chi connectivity index (χ1v) is 9.37. The summed E-state index contributed by atoms with van der Waals surface area (Å²) in [7, 11) is 0. The topological polar surface area (TPSA) is 84.3 Å². The van der Waals surface area contributed by atoms with E-state index < -0.39 is 0 Å². The van der Waals surface area contributed by atoms with E-state index in [9.17, 15) is 14.4 Å². The minimum atomic E-state index is -0.208. The van der Waals surface area contributed by atoms with Gasteiger partial charge < -0.3 is 9.88 Å². The Balaban J connectivity index is 1.32. The minimum Gasteiger partial charge on any atom is -0.326 e. The van der Waals surface area contributed by atoms with Crippen LogP contribution < -0.4 is 5.32 Å². The van der Waals surface area contributed by atoms with Gasteiger partial charge in [0.25, 0.3) is 0 Å². The van der Waals surface area contributed by atoms with Gasteiger partial charge in [-0.2, -0.15) is 0 Å². The highest BCUT2D eigenvalue weighted by Gasteiger charge is 2.47. The van der Waals surface area contributed by atoms with Gasteiger partial charge in [0.1, 0.15) is 0 Å². The second kappa shape index (κ2) is 7.34. The van der Waals surface area contributed by atoms with Crippen LogP contribution in [0.15, 0.2) is 43.0 Å². The molecule has 0 unspecified atom stereocenters. The van der Waals surface area contributed by atoms with Gasteiger partial charge >= 0.3 is 0 Å². The average molecular weight is 366 g/mol. The number of imidazole rings is 1. The standard InChI is InChI=1S/C20H22N4O3/c25-18(22-14-5-7-15(8-6-14)23-12-10-21-13-23)9-11-24-19(26)16-3-1-2-4-17(16)20(24)27/h5-8,10,12-13,16-17H,1-4,9,11H2,(H,22,25)/t16-,17-/m0/s1. The number of amides is 3. The second-order valence-electron chi connectivity index (χ2n) is 7.14. The summed E-state index contributed by atoms with van der Waals surface area (Å²) >= 11 is 0. The summed E-state index contributed by atoms with van der Waals surface area (Å²) in [6.07, 6.45) is 8.95. The summed E-state index contributed by atoms with van der Waals surface area (Å²) in [6.45, 7) is 0.156. The van der Waals surface area contributed by atoms with Crippen LogP contribution in [0.1, 0.15) is 32.1 Å². The van der Waals surface area contributed by atoms with Gasteiger partial charge in [0.05, 0.1) is 18.2 Å². The Bertz CT molecular complexity index is 821. The lowest BCUT2D eigenvalue weighted by atomic mass is 9.81. The number of anilines is 1. The Morgan fingerprint density at radius 1 is 1.07 bits per heavy atom. The highest BCUT2D eigenvalue weighted by molar-refractivity contribution is 6.05. The fourth-order valence-electron chi connectivity index (χ4n) is 4.02. The molecule has 7 nitrogen and oxygen atoms in total. The zero-order valence-electron chi connectivity index (χ0n) is 15.0. The average Bonchev–Trinajstić information content (AvgIpc) is 3.30. The molecule has 2 fully saturated rings. The first-order chi connectivity index (χ1) is 13.1. The zero-order valence-corrected chi connectivity index (χ0v) is 15.0. The maximum Gasteiger partial charge on any atom is 0.233 e. The molecule has 1 aliphatic heterocycles. The summed E-state index contributed by atoms with van der Waals surface area (Å²) in [6, 6.07) is 7.40. The number of nitrogens with one attached hydrogen (secondary N) is 1. The maximum absolute atomic E-state index is 12.4. The van der Waals surface area contributed by atoms with Crippen LogP contribution in [0, 0.1) is 11.8 Å². The van der Waals surface area contributed by atoms with E-state index in [1.807, 2.05) is 35.0 Å². The van der Waals surface area contributed by atoms with Gasteiger partial charge in [-0.3, -0.25) is 19.3 Å². The van der Waals surface area contributed by atoms with E-state index in [0.29, 0.717) is 5.69 Å². The molecular weight excluding hydrogens is 344 g/mol. The summed E-state index contributed by atoms with van der Waals surface area (Å²) in [5.74, 6) is -0.722. The molecule has 2 atom stereocenters. The molecule has 140 valence electrons. The molecule has 2 aromatic rings. The van der Waals surface area contributed by atoms with Crippen LogP contribution in [0.4, 0.5) is 5.69 Å². The molecule has 2 aliphatic rings. The lowest BCUT2D eigenvalue weighted by molar-refractivity contribution is -0.140. The van der Waals surface area contributed by atoms with E-state index in [4.69, 9.17) is 0 Å². The molecule has 1 aromatic heterocycles. The molecule has 7 heteroatoms. The number of fused-ring (bicyclic) bond motifs is 1. The van der Waals surface area contributed by atoms with E-state index in [2.05, 4.69) is 10.3 Å². The number of rotatable bonds is 5. The first-order valence-electron chi connectivity index (χ1n) is 9.37. The van der Waals surface area contributed by atoms with Crippen molar-refractivity contribution in [1.82, 2.24) is 14.5 Å². The molecule has 0 radical (unpaired) electrons. The van der Waals surface area contributed by atoms with Crippen LogP contribution in [-0.2, 0) is 14.4 Å². The van der Waals surface area contributed by atoms with E-state index in [-0.39, 0.29) is 42.5 Å². The first kappa shape index (κ1) is 17.5. The number of likely N-dealkylation sites (tertiary alicyclic amines) is 1. The van der Waals surface area contributed by atoms with Gasteiger partial charge in [0, 0.05) is 36.7 Å². The Kier molecular flexibility index (Phi) is 4.75. The van der Waals surface area contributed by atoms with E-state index >= 15 is 0 Å². The lowest BCUT2D eigenvalue weighted by Gasteiger charge is -2.19. The van der Waals surface area contributed by atoms with Gasteiger partial charge in [-0.15, -0.1) is 0 Å².